The highest BCUT2D eigenvalue weighted by Gasteiger charge is 2.12. The van der Waals surface area contributed by atoms with Crippen LogP contribution in [0.4, 0.5) is 20.4 Å². The van der Waals surface area contributed by atoms with Crippen LogP contribution < -0.4 is 10.2 Å². The van der Waals surface area contributed by atoms with Crippen molar-refractivity contribution in [2.45, 2.75) is 13.5 Å². The van der Waals surface area contributed by atoms with Gasteiger partial charge in [0, 0.05) is 37.2 Å². The minimum atomic E-state index is -1.03. The van der Waals surface area contributed by atoms with Crippen LogP contribution in [0.25, 0.3) is 0 Å². The molecule has 0 saturated carbocycles. The van der Waals surface area contributed by atoms with E-state index in [4.69, 9.17) is 0 Å². The molecule has 0 aliphatic heterocycles. The normalized spacial score (nSPS) is 10.5. The second-order valence-electron chi connectivity index (χ2n) is 5.85. The molecule has 3 rings (SSSR count). The van der Waals surface area contributed by atoms with E-state index >= 15 is 0 Å². The average molecular weight is 368 g/mol. The van der Waals surface area contributed by atoms with Crippen molar-refractivity contribution in [3.63, 3.8) is 0 Å². The largest absolute Gasteiger partial charge is 0.337 e. The molecule has 0 fully saturated rings. The second-order valence-corrected chi connectivity index (χ2v) is 5.85. The Bertz CT molecular complexity index is 917. The number of nitrogens with one attached hydrogen (secondary N) is 1. The van der Waals surface area contributed by atoms with Crippen LogP contribution in [-0.2, 0) is 6.54 Å². The molecule has 138 valence electrons. The minimum absolute atomic E-state index is 0.155. The molecular formula is C20H18F2N4O. The molecule has 0 atom stereocenters. The lowest BCUT2D eigenvalue weighted by Gasteiger charge is -2.20. The zero-order chi connectivity index (χ0) is 19.2. The van der Waals surface area contributed by atoms with Gasteiger partial charge in [0.1, 0.15) is 0 Å². The highest BCUT2D eigenvalue weighted by atomic mass is 19.2. The Morgan fingerprint density at radius 3 is 2.37 bits per heavy atom. The monoisotopic (exact) mass is 368 g/mol. The van der Waals surface area contributed by atoms with Crippen molar-refractivity contribution < 1.29 is 13.6 Å². The van der Waals surface area contributed by atoms with E-state index in [1.165, 1.54) is 18.5 Å². The predicted molar refractivity (Wildman–Crippen MR) is 99.5 cm³/mol. The summed E-state index contributed by atoms with van der Waals surface area (Å²) in [5, 5.41) is 2.49. The van der Waals surface area contributed by atoms with Crippen molar-refractivity contribution in [1.29, 1.82) is 0 Å². The Balaban J connectivity index is 1.69. The number of anilines is 2. The van der Waals surface area contributed by atoms with E-state index in [1.54, 1.807) is 0 Å². The maximum absolute atomic E-state index is 13.2. The zero-order valence-electron chi connectivity index (χ0n) is 14.7. The standard InChI is InChI=1S/C20H18F2N4O/c1-2-26(13-14-6-4-3-5-7-14)20-23-11-15(12-24-20)19(27)25-16-8-9-17(21)18(22)10-16/h3-12H,2,13H2,1H3,(H,25,27). The first-order valence-corrected chi connectivity index (χ1v) is 8.44. The number of amides is 1. The Kier molecular flexibility index (Phi) is 5.71. The molecule has 0 aliphatic rings. The Morgan fingerprint density at radius 2 is 1.74 bits per heavy atom. The summed E-state index contributed by atoms with van der Waals surface area (Å²) in [5.74, 6) is -2.00. The summed E-state index contributed by atoms with van der Waals surface area (Å²) in [4.78, 5) is 22.7. The summed E-state index contributed by atoms with van der Waals surface area (Å²) < 4.78 is 26.2. The van der Waals surface area contributed by atoms with Crippen molar-refractivity contribution in [1.82, 2.24) is 9.97 Å². The lowest BCUT2D eigenvalue weighted by atomic mass is 10.2. The third kappa shape index (κ3) is 4.63. The van der Waals surface area contributed by atoms with Crippen molar-refractivity contribution >= 4 is 17.5 Å². The van der Waals surface area contributed by atoms with Gasteiger partial charge in [0.15, 0.2) is 11.6 Å². The molecule has 0 saturated heterocycles. The quantitative estimate of drug-likeness (QED) is 0.714. The molecular weight excluding hydrogens is 350 g/mol. The average Bonchev–Trinajstić information content (AvgIpc) is 2.70. The van der Waals surface area contributed by atoms with Crippen LogP contribution in [0.15, 0.2) is 60.9 Å². The summed E-state index contributed by atoms with van der Waals surface area (Å²) in [6.45, 7) is 3.35. The number of carbonyl (C=O) groups is 1. The summed E-state index contributed by atoms with van der Waals surface area (Å²) in [5.41, 5.74) is 1.50. The van der Waals surface area contributed by atoms with E-state index in [0.29, 0.717) is 19.0 Å². The molecule has 7 heteroatoms. The molecule has 3 aromatic rings. The molecule has 1 amide bonds. The van der Waals surface area contributed by atoms with Crippen molar-refractivity contribution in [2.24, 2.45) is 0 Å². The van der Waals surface area contributed by atoms with Gasteiger partial charge in [-0.15, -0.1) is 0 Å². The van der Waals surface area contributed by atoms with Gasteiger partial charge in [-0.2, -0.15) is 0 Å². The van der Waals surface area contributed by atoms with Gasteiger partial charge in [-0.3, -0.25) is 4.79 Å². The Hall–Kier alpha value is -3.35. The van der Waals surface area contributed by atoms with Crippen LogP contribution in [0.2, 0.25) is 0 Å². The van der Waals surface area contributed by atoms with E-state index in [2.05, 4.69) is 15.3 Å². The van der Waals surface area contributed by atoms with E-state index in [0.717, 1.165) is 17.7 Å². The molecule has 1 aromatic heterocycles. The Labute approximate surface area is 155 Å². The number of halogens is 2. The van der Waals surface area contributed by atoms with Gasteiger partial charge in [-0.1, -0.05) is 30.3 Å². The molecule has 0 aliphatic carbocycles. The van der Waals surface area contributed by atoms with Gasteiger partial charge >= 0.3 is 0 Å². The highest BCUT2D eigenvalue weighted by Crippen LogP contribution is 2.15. The maximum Gasteiger partial charge on any atom is 0.258 e. The highest BCUT2D eigenvalue weighted by molar-refractivity contribution is 6.03. The Morgan fingerprint density at radius 1 is 1.04 bits per heavy atom. The van der Waals surface area contributed by atoms with E-state index in [-0.39, 0.29) is 11.3 Å². The van der Waals surface area contributed by atoms with Gasteiger partial charge in [0.05, 0.1) is 5.56 Å². The first kappa shape index (κ1) is 18.4. The van der Waals surface area contributed by atoms with E-state index in [9.17, 15) is 13.6 Å². The number of hydrogen-bond acceptors (Lipinski definition) is 4. The molecule has 0 bridgehead atoms. The topological polar surface area (TPSA) is 58.1 Å². The maximum atomic E-state index is 13.2. The fraction of sp³-hybridized carbons (Fsp3) is 0.150. The third-order valence-corrected chi connectivity index (χ3v) is 3.96. The fourth-order valence-corrected chi connectivity index (χ4v) is 2.51. The zero-order valence-corrected chi connectivity index (χ0v) is 14.7. The SMILES string of the molecule is CCN(Cc1ccccc1)c1ncc(C(=O)Nc2ccc(F)c(F)c2)cn1. The van der Waals surface area contributed by atoms with Crippen LogP contribution in [0.3, 0.4) is 0 Å². The number of hydrogen-bond donors (Lipinski definition) is 1. The molecule has 0 unspecified atom stereocenters. The molecule has 2 aromatic carbocycles. The minimum Gasteiger partial charge on any atom is -0.337 e. The molecule has 5 nitrogen and oxygen atoms in total. The molecule has 0 spiro atoms. The summed E-state index contributed by atoms with van der Waals surface area (Å²) in [6, 6.07) is 13.1. The summed E-state index contributed by atoms with van der Waals surface area (Å²) >= 11 is 0. The number of nitrogens with zero attached hydrogens (tertiary/aromatic N) is 3. The van der Waals surface area contributed by atoms with Gasteiger partial charge in [0.2, 0.25) is 5.95 Å². The van der Waals surface area contributed by atoms with Gasteiger partial charge in [0.25, 0.3) is 5.91 Å². The van der Waals surface area contributed by atoms with Crippen LogP contribution in [-0.4, -0.2) is 22.4 Å². The summed E-state index contributed by atoms with van der Waals surface area (Å²) in [6.07, 6.45) is 2.82. The van der Waals surface area contributed by atoms with Crippen LogP contribution >= 0.6 is 0 Å². The number of aromatic nitrogens is 2. The fourth-order valence-electron chi connectivity index (χ4n) is 2.51. The molecule has 1 heterocycles. The van der Waals surface area contributed by atoms with Crippen LogP contribution in [0.5, 0.6) is 0 Å². The molecule has 1 N–H and O–H groups in total. The lowest BCUT2D eigenvalue weighted by molar-refractivity contribution is 0.102. The van der Waals surface area contributed by atoms with Crippen LogP contribution in [0.1, 0.15) is 22.8 Å². The molecule has 0 radical (unpaired) electrons. The number of carbonyl (C=O) groups excluding carboxylic acids is 1. The van der Waals surface area contributed by atoms with Gasteiger partial charge < -0.3 is 10.2 Å². The number of benzene rings is 2. The van der Waals surface area contributed by atoms with E-state index in [1.807, 2.05) is 42.2 Å². The van der Waals surface area contributed by atoms with Crippen molar-refractivity contribution in [3.8, 4) is 0 Å². The second kappa shape index (κ2) is 8.35. The predicted octanol–water partition coefficient (Wildman–Crippen LogP) is 4.03. The first-order valence-electron chi connectivity index (χ1n) is 8.44. The van der Waals surface area contributed by atoms with Gasteiger partial charge in [-0.25, -0.2) is 18.7 Å². The van der Waals surface area contributed by atoms with Crippen LogP contribution in [0, 0.1) is 11.6 Å². The lowest BCUT2D eigenvalue weighted by Crippen LogP contribution is -2.24. The van der Waals surface area contributed by atoms with Crippen molar-refractivity contribution in [2.75, 3.05) is 16.8 Å². The first-order chi connectivity index (χ1) is 13.1. The smallest absolute Gasteiger partial charge is 0.258 e. The van der Waals surface area contributed by atoms with E-state index < -0.39 is 17.5 Å². The third-order valence-electron chi connectivity index (χ3n) is 3.96. The number of rotatable bonds is 6. The van der Waals surface area contributed by atoms with Gasteiger partial charge in [-0.05, 0) is 24.6 Å². The van der Waals surface area contributed by atoms with Crippen molar-refractivity contribution in [3.05, 3.63) is 83.7 Å². The molecule has 27 heavy (non-hydrogen) atoms. The summed E-state index contributed by atoms with van der Waals surface area (Å²) in [7, 11) is 0.